The van der Waals surface area contributed by atoms with Crippen molar-refractivity contribution in [3.8, 4) is 0 Å². The summed E-state index contributed by atoms with van der Waals surface area (Å²) in [4.78, 5) is 14.4. The van der Waals surface area contributed by atoms with Gasteiger partial charge in [0.1, 0.15) is 0 Å². The number of carbonyl (C=O) groups excluding carboxylic acids is 1. The minimum Gasteiger partial charge on any atom is -0.339 e. The molecule has 0 radical (unpaired) electrons. The Balaban J connectivity index is 1.53. The summed E-state index contributed by atoms with van der Waals surface area (Å²) in [7, 11) is 0. The normalized spacial score (nSPS) is 38.0. The summed E-state index contributed by atoms with van der Waals surface area (Å²) in [5.41, 5.74) is 0. The minimum absolute atomic E-state index is 0.409. The fourth-order valence-electron chi connectivity index (χ4n) is 3.66. The number of hydrogen-bond donors (Lipinski definition) is 1. The van der Waals surface area contributed by atoms with Crippen LogP contribution in [-0.2, 0) is 4.79 Å². The van der Waals surface area contributed by atoms with Crippen LogP contribution in [0.2, 0.25) is 0 Å². The van der Waals surface area contributed by atoms with E-state index in [1.54, 1.807) is 0 Å². The first-order valence-corrected chi connectivity index (χ1v) is 6.86. The van der Waals surface area contributed by atoms with Gasteiger partial charge in [-0.1, -0.05) is 6.42 Å². The van der Waals surface area contributed by atoms with Crippen LogP contribution < -0.4 is 5.32 Å². The lowest BCUT2D eigenvalue weighted by Gasteiger charge is -2.30. The second-order valence-corrected chi connectivity index (χ2v) is 5.73. The van der Waals surface area contributed by atoms with Crippen LogP contribution in [0.4, 0.5) is 0 Å². The van der Waals surface area contributed by atoms with E-state index >= 15 is 0 Å². The molecule has 16 heavy (non-hydrogen) atoms. The highest BCUT2D eigenvalue weighted by atomic mass is 16.2. The molecule has 1 aliphatic carbocycles. The fraction of sp³-hybridized carbons (Fsp3) is 0.923. The van der Waals surface area contributed by atoms with Crippen LogP contribution in [0.3, 0.4) is 0 Å². The molecule has 1 saturated carbocycles. The molecule has 90 valence electrons. The Bertz CT molecular complexity index is 273. The first kappa shape index (κ1) is 10.6. The summed E-state index contributed by atoms with van der Waals surface area (Å²) in [6.45, 7) is 2.15. The number of nitrogens with one attached hydrogen (secondary N) is 1. The smallest absolute Gasteiger partial charge is 0.224 e. The Morgan fingerprint density at radius 3 is 2.81 bits per heavy atom. The molecule has 0 spiro atoms. The second-order valence-electron chi connectivity index (χ2n) is 5.73. The van der Waals surface area contributed by atoms with Crippen LogP contribution in [0, 0.1) is 5.92 Å². The highest BCUT2D eigenvalue weighted by Crippen LogP contribution is 2.37. The van der Waals surface area contributed by atoms with Crippen molar-refractivity contribution in [2.45, 2.75) is 57.0 Å². The molecule has 3 unspecified atom stereocenters. The molecule has 3 atom stereocenters. The average Bonchev–Trinajstić information content (AvgIpc) is 2.92. The minimum atomic E-state index is 0.409. The first-order chi connectivity index (χ1) is 7.83. The zero-order valence-corrected chi connectivity index (χ0v) is 9.95. The van der Waals surface area contributed by atoms with E-state index in [-0.39, 0.29) is 0 Å². The van der Waals surface area contributed by atoms with E-state index in [9.17, 15) is 4.79 Å². The third-order valence-electron chi connectivity index (χ3n) is 4.56. The lowest BCUT2D eigenvalue weighted by molar-refractivity contribution is -0.133. The molecule has 1 N–H and O–H groups in total. The largest absolute Gasteiger partial charge is 0.339 e. The van der Waals surface area contributed by atoms with Gasteiger partial charge < -0.3 is 10.2 Å². The van der Waals surface area contributed by atoms with E-state index < -0.39 is 0 Å². The fourth-order valence-corrected chi connectivity index (χ4v) is 3.66. The van der Waals surface area contributed by atoms with Crippen molar-refractivity contribution >= 4 is 5.91 Å². The van der Waals surface area contributed by atoms with E-state index in [2.05, 4.69) is 10.2 Å². The van der Waals surface area contributed by atoms with Crippen LogP contribution in [0.25, 0.3) is 0 Å². The topological polar surface area (TPSA) is 32.3 Å². The van der Waals surface area contributed by atoms with Crippen LogP contribution in [0.15, 0.2) is 0 Å². The number of amides is 1. The number of rotatable bonds is 2. The van der Waals surface area contributed by atoms with Crippen LogP contribution in [0.1, 0.15) is 44.9 Å². The molecule has 3 nitrogen and oxygen atoms in total. The number of nitrogens with zero attached hydrogens (tertiary/aromatic N) is 1. The van der Waals surface area contributed by atoms with Crippen molar-refractivity contribution in [3.05, 3.63) is 0 Å². The molecular weight excluding hydrogens is 200 g/mol. The standard InChI is InChI=1S/C13H22N2O/c16-13(8-11-3-1-2-6-14-11)15-9-10-4-5-12(15)7-10/h10-12,14H,1-9H2. The molecule has 2 saturated heterocycles. The zero-order valence-electron chi connectivity index (χ0n) is 9.95. The maximum Gasteiger partial charge on any atom is 0.224 e. The molecule has 2 heterocycles. The van der Waals surface area contributed by atoms with Crippen molar-refractivity contribution in [1.82, 2.24) is 10.2 Å². The van der Waals surface area contributed by atoms with Crippen LogP contribution in [0.5, 0.6) is 0 Å². The predicted molar refractivity (Wildman–Crippen MR) is 63.1 cm³/mol. The Morgan fingerprint density at radius 2 is 2.19 bits per heavy atom. The number of fused-ring (bicyclic) bond motifs is 2. The molecule has 3 heteroatoms. The Kier molecular flexibility index (Phi) is 2.88. The Morgan fingerprint density at radius 1 is 1.25 bits per heavy atom. The summed E-state index contributed by atoms with van der Waals surface area (Å²) in [5.74, 6) is 1.24. The van der Waals surface area contributed by atoms with Crippen molar-refractivity contribution in [3.63, 3.8) is 0 Å². The van der Waals surface area contributed by atoms with E-state index in [1.807, 2.05) is 0 Å². The summed E-state index contributed by atoms with van der Waals surface area (Å²) in [6.07, 6.45) is 8.39. The molecule has 0 aromatic rings. The van der Waals surface area contributed by atoms with Gasteiger partial charge in [0.05, 0.1) is 0 Å². The lowest BCUT2D eigenvalue weighted by Crippen LogP contribution is -2.43. The summed E-state index contributed by atoms with van der Waals surface area (Å²) in [5, 5.41) is 3.47. The van der Waals surface area contributed by atoms with Crippen LogP contribution >= 0.6 is 0 Å². The molecule has 3 rings (SSSR count). The number of hydrogen-bond acceptors (Lipinski definition) is 2. The van der Waals surface area contributed by atoms with Gasteiger partial charge in [-0.2, -0.15) is 0 Å². The van der Waals surface area contributed by atoms with Gasteiger partial charge in [-0.3, -0.25) is 4.79 Å². The Labute approximate surface area is 97.6 Å². The number of carbonyl (C=O) groups is 1. The van der Waals surface area contributed by atoms with Gasteiger partial charge in [-0.25, -0.2) is 0 Å². The maximum atomic E-state index is 12.2. The lowest BCUT2D eigenvalue weighted by atomic mass is 10.0. The molecular formula is C13H22N2O. The molecule has 0 aromatic heterocycles. The zero-order chi connectivity index (χ0) is 11.0. The third-order valence-corrected chi connectivity index (χ3v) is 4.56. The number of piperidine rings is 2. The quantitative estimate of drug-likeness (QED) is 0.768. The van der Waals surface area contributed by atoms with Gasteiger partial charge in [0.15, 0.2) is 0 Å². The number of likely N-dealkylation sites (tertiary alicyclic amines) is 1. The molecule has 0 aromatic carbocycles. The van der Waals surface area contributed by atoms with Gasteiger partial charge in [-0.05, 0) is 44.6 Å². The van der Waals surface area contributed by atoms with Gasteiger partial charge >= 0.3 is 0 Å². The highest BCUT2D eigenvalue weighted by Gasteiger charge is 2.40. The first-order valence-electron chi connectivity index (χ1n) is 6.86. The van der Waals surface area contributed by atoms with E-state index in [4.69, 9.17) is 0 Å². The SMILES string of the molecule is O=C(CC1CCCCN1)N1CC2CCC1C2. The van der Waals surface area contributed by atoms with Gasteiger partial charge in [0.2, 0.25) is 5.91 Å². The summed E-state index contributed by atoms with van der Waals surface area (Å²) >= 11 is 0. The van der Waals surface area contributed by atoms with E-state index in [0.29, 0.717) is 18.0 Å². The monoisotopic (exact) mass is 222 g/mol. The maximum absolute atomic E-state index is 12.2. The average molecular weight is 222 g/mol. The van der Waals surface area contributed by atoms with Gasteiger partial charge in [-0.15, -0.1) is 0 Å². The van der Waals surface area contributed by atoms with E-state index in [0.717, 1.165) is 25.4 Å². The van der Waals surface area contributed by atoms with Crippen molar-refractivity contribution in [1.29, 1.82) is 0 Å². The highest BCUT2D eigenvalue weighted by molar-refractivity contribution is 5.77. The predicted octanol–water partition coefficient (Wildman–Crippen LogP) is 1.53. The second kappa shape index (κ2) is 4.36. The Hall–Kier alpha value is -0.570. The van der Waals surface area contributed by atoms with Crippen molar-refractivity contribution in [2.75, 3.05) is 13.1 Å². The molecule has 3 fully saturated rings. The van der Waals surface area contributed by atoms with E-state index in [1.165, 1.54) is 38.5 Å². The van der Waals surface area contributed by atoms with Crippen LogP contribution in [-0.4, -0.2) is 36.0 Å². The summed E-state index contributed by atoms with van der Waals surface area (Å²) < 4.78 is 0. The van der Waals surface area contributed by atoms with Crippen molar-refractivity contribution < 1.29 is 4.79 Å². The summed E-state index contributed by atoms with van der Waals surface area (Å²) in [6, 6.07) is 1.06. The third kappa shape index (κ3) is 1.97. The van der Waals surface area contributed by atoms with Gasteiger partial charge in [0.25, 0.3) is 0 Å². The van der Waals surface area contributed by atoms with Crippen molar-refractivity contribution in [2.24, 2.45) is 5.92 Å². The van der Waals surface area contributed by atoms with Gasteiger partial charge in [0, 0.05) is 25.0 Å². The molecule has 1 amide bonds. The molecule has 3 aliphatic rings. The molecule has 2 bridgehead atoms. The molecule has 2 aliphatic heterocycles.